The van der Waals surface area contributed by atoms with Crippen LogP contribution >= 0.6 is 0 Å². The SMILES string of the molecule is CC(=O)N(CN1C(=O)[C@@H]2[C@H]3C=C[C@@H]([C@@H]4C[C@@H]34)[C@H]2C1=O)c1cccc(C)c1C. The molecule has 27 heavy (non-hydrogen) atoms. The predicted octanol–water partition coefficient (Wildman–Crippen LogP) is 2.67. The summed E-state index contributed by atoms with van der Waals surface area (Å²) in [6.07, 6.45) is 5.49. The molecule has 1 aromatic carbocycles. The van der Waals surface area contributed by atoms with Crippen molar-refractivity contribution in [3.05, 3.63) is 41.5 Å². The van der Waals surface area contributed by atoms with Gasteiger partial charge in [-0.15, -0.1) is 0 Å². The molecule has 5 heteroatoms. The molecule has 2 bridgehead atoms. The van der Waals surface area contributed by atoms with E-state index in [1.165, 1.54) is 11.8 Å². The lowest BCUT2D eigenvalue weighted by Crippen LogP contribution is -2.44. The van der Waals surface area contributed by atoms with Crippen molar-refractivity contribution < 1.29 is 14.4 Å². The fourth-order valence-corrected chi connectivity index (χ4v) is 5.67. The number of imide groups is 1. The van der Waals surface area contributed by atoms with E-state index in [9.17, 15) is 14.4 Å². The summed E-state index contributed by atoms with van der Waals surface area (Å²) in [5.41, 5.74) is 2.84. The number of anilines is 1. The number of carbonyl (C=O) groups excluding carboxylic acids is 3. The molecule has 1 heterocycles. The van der Waals surface area contributed by atoms with Crippen LogP contribution in [-0.2, 0) is 14.4 Å². The first kappa shape index (κ1) is 16.7. The van der Waals surface area contributed by atoms with Crippen molar-refractivity contribution in [2.45, 2.75) is 27.2 Å². The van der Waals surface area contributed by atoms with Gasteiger partial charge >= 0.3 is 0 Å². The van der Waals surface area contributed by atoms with E-state index in [-0.39, 0.29) is 48.1 Å². The Morgan fingerprint density at radius 1 is 1.07 bits per heavy atom. The van der Waals surface area contributed by atoms with Crippen LogP contribution in [0, 0.1) is 49.4 Å². The molecule has 140 valence electrons. The highest BCUT2D eigenvalue weighted by atomic mass is 16.2. The van der Waals surface area contributed by atoms with E-state index in [0.717, 1.165) is 23.2 Å². The van der Waals surface area contributed by atoms with E-state index < -0.39 is 0 Å². The van der Waals surface area contributed by atoms with Crippen LogP contribution in [0.5, 0.6) is 0 Å². The molecule has 4 aliphatic carbocycles. The summed E-state index contributed by atoms with van der Waals surface area (Å²) in [7, 11) is 0. The second-order valence-corrected chi connectivity index (χ2v) is 8.57. The number of allylic oxidation sites excluding steroid dienone is 2. The van der Waals surface area contributed by atoms with Crippen LogP contribution in [0.3, 0.4) is 0 Å². The van der Waals surface area contributed by atoms with E-state index in [2.05, 4.69) is 12.2 Å². The maximum Gasteiger partial charge on any atom is 0.235 e. The van der Waals surface area contributed by atoms with E-state index in [1.807, 2.05) is 32.0 Å². The molecule has 0 radical (unpaired) electrons. The molecule has 6 rings (SSSR count). The number of rotatable bonds is 3. The Bertz CT molecular complexity index is 869. The Hall–Kier alpha value is -2.43. The van der Waals surface area contributed by atoms with Crippen LogP contribution in [0.4, 0.5) is 5.69 Å². The quantitative estimate of drug-likeness (QED) is 0.612. The third-order valence-corrected chi connectivity index (χ3v) is 7.28. The molecular formula is C22H24N2O3. The van der Waals surface area contributed by atoms with Gasteiger partial charge in [0.25, 0.3) is 0 Å². The van der Waals surface area contributed by atoms with Gasteiger partial charge in [0.1, 0.15) is 6.67 Å². The standard InChI is InChI=1S/C22H24N2O3/c1-11-5-4-6-18(12(11)2)23(13(3)25)10-24-21(26)19-14-7-8-15(17-9-16(14)17)20(19)22(24)27/h4-8,14-17,19-20H,9-10H2,1-3H3/t14-,15-,16-,17-,19+,20+/m0/s1. The van der Waals surface area contributed by atoms with Crippen molar-refractivity contribution in [2.24, 2.45) is 35.5 Å². The first-order valence-corrected chi connectivity index (χ1v) is 9.78. The highest BCUT2D eigenvalue weighted by Gasteiger charge is 2.67. The van der Waals surface area contributed by atoms with E-state index >= 15 is 0 Å². The Labute approximate surface area is 159 Å². The average Bonchev–Trinajstić information content (AvgIpc) is 3.42. The highest BCUT2D eigenvalue weighted by molar-refractivity contribution is 6.07. The topological polar surface area (TPSA) is 57.7 Å². The van der Waals surface area contributed by atoms with Crippen LogP contribution in [-0.4, -0.2) is 29.3 Å². The molecule has 5 aliphatic rings. The lowest BCUT2D eigenvalue weighted by Gasteiger charge is -2.37. The molecule has 3 amide bonds. The van der Waals surface area contributed by atoms with Crippen LogP contribution < -0.4 is 4.90 Å². The minimum absolute atomic E-state index is 0.0130. The molecule has 1 saturated heterocycles. The molecule has 0 unspecified atom stereocenters. The zero-order valence-electron chi connectivity index (χ0n) is 15.9. The maximum atomic E-state index is 13.2. The van der Waals surface area contributed by atoms with Gasteiger partial charge in [0, 0.05) is 12.6 Å². The maximum absolute atomic E-state index is 13.2. The number of nitrogens with zero attached hydrogens (tertiary/aromatic N) is 2. The summed E-state index contributed by atoms with van der Waals surface area (Å²) in [6.45, 7) is 5.46. The van der Waals surface area contributed by atoms with E-state index in [1.54, 1.807) is 4.90 Å². The minimum Gasteiger partial charge on any atom is -0.294 e. The lowest BCUT2D eigenvalue weighted by atomic mass is 9.63. The first-order valence-electron chi connectivity index (χ1n) is 9.78. The van der Waals surface area contributed by atoms with Gasteiger partial charge in [-0.05, 0) is 61.1 Å². The van der Waals surface area contributed by atoms with Crippen LogP contribution in [0.15, 0.2) is 30.4 Å². The number of likely N-dealkylation sites (tertiary alicyclic amines) is 1. The number of aryl methyl sites for hydroxylation is 1. The predicted molar refractivity (Wildman–Crippen MR) is 100 cm³/mol. The Morgan fingerprint density at radius 3 is 2.22 bits per heavy atom. The largest absolute Gasteiger partial charge is 0.294 e. The van der Waals surface area contributed by atoms with Crippen LogP contribution in [0.1, 0.15) is 24.5 Å². The van der Waals surface area contributed by atoms with Gasteiger partial charge in [-0.3, -0.25) is 24.2 Å². The third-order valence-electron chi connectivity index (χ3n) is 7.28. The molecule has 3 fully saturated rings. The molecule has 0 aromatic heterocycles. The van der Waals surface area contributed by atoms with Crippen molar-refractivity contribution in [1.29, 1.82) is 0 Å². The number of carbonyl (C=O) groups is 3. The van der Waals surface area contributed by atoms with Gasteiger partial charge in [-0.2, -0.15) is 0 Å². The Morgan fingerprint density at radius 2 is 1.67 bits per heavy atom. The van der Waals surface area contributed by atoms with Crippen molar-refractivity contribution in [2.75, 3.05) is 11.6 Å². The number of benzene rings is 1. The van der Waals surface area contributed by atoms with Crippen LogP contribution in [0.25, 0.3) is 0 Å². The number of amides is 3. The first-order chi connectivity index (χ1) is 12.9. The molecule has 5 nitrogen and oxygen atoms in total. The summed E-state index contributed by atoms with van der Waals surface area (Å²) >= 11 is 0. The minimum atomic E-state index is -0.219. The summed E-state index contributed by atoms with van der Waals surface area (Å²) in [5.74, 6) is 0.797. The molecule has 1 aromatic rings. The fraction of sp³-hybridized carbons (Fsp3) is 0.500. The van der Waals surface area contributed by atoms with Gasteiger partial charge in [-0.1, -0.05) is 24.3 Å². The summed E-state index contributed by atoms with van der Waals surface area (Å²) < 4.78 is 0. The Balaban J connectivity index is 1.47. The van der Waals surface area contributed by atoms with Gasteiger partial charge in [0.05, 0.1) is 11.8 Å². The monoisotopic (exact) mass is 364 g/mol. The van der Waals surface area contributed by atoms with Gasteiger partial charge in [0.2, 0.25) is 17.7 Å². The zero-order valence-corrected chi connectivity index (χ0v) is 15.9. The van der Waals surface area contributed by atoms with Crippen molar-refractivity contribution in [3.63, 3.8) is 0 Å². The normalized spacial score (nSPS) is 35.3. The van der Waals surface area contributed by atoms with Crippen LogP contribution in [0.2, 0.25) is 0 Å². The van der Waals surface area contributed by atoms with E-state index in [4.69, 9.17) is 0 Å². The number of hydrogen-bond acceptors (Lipinski definition) is 3. The zero-order chi connectivity index (χ0) is 19.0. The molecular weight excluding hydrogens is 340 g/mol. The van der Waals surface area contributed by atoms with E-state index in [0.29, 0.717) is 11.8 Å². The summed E-state index contributed by atoms with van der Waals surface area (Å²) in [6, 6.07) is 5.77. The second-order valence-electron chi connectivity index (χ2n) is 8.57. The third kappa shape index (κ3) is 2.20. The molecule has 1 aliphatic heterocycles. The number of hydrogen-bond donors (Lipinski definition) is 0. The fourth-order valence-electron chi connectivity index (χ4n) is 5.67. The van der Waals surface area contributed by atoms with Crippen molar-refractivity contribution >= 4 is 23.4 Å². The molecule has 0 N–H and O–H groups in total. The van der Waals surface area contributed by atoms with Crippen molar-refractivity contribution in [1.82, 2.24) is 4.90 Å². The van der Waals surface area contributed by atoms with Crippen molar-refractivity contribution in [3.8, 4) is 0 Å². The second kappa shape index (κ2) is 5.54. The smallest absolute Gasteiger partial charge is 0.235 e. The van der Waals surface area contributed by atoms with Gasteiger partial charge < -0.3 is 0 Å². The molecule has 0 spiro atoms. The lowest BCUT2D eigenvalue weighted by molar-refractivity contribution is -0.140. The molecule has 6 atom stereocenters. The highest BCUT2D eigenvalue weighted by Crippen LogP contribution is 2.65. The average molecular weight is 364 g/mol. The summed E-state index contributed by atoms with van der Waals surface area (Å²) in [4.78, 5) is 41.6. The molecule has 2 saturated carbocycles. The van der Waals surface area contributed by atoms with Gasteiger partial charge in [-0.25, -0.2) is 0 Å². The summed E-state index contributed by atoms with van der Waals surface area (Å²) in [5, 5.41) is 0. The van der Waals surface area contributed by atoms with Gasteiger partial charge in [0.15, 0.2) is 0 Å². The Kier molecular flexibility index (Phi) is 3.43.